The molecule has 0 saturated heterocycles. The highest BCUT2D eigenvalue weighted by Crippen LogP contribution is 2.24. The number of nitrogens with two attached hydrogens (primary N) is 1. The van der Waals surface area contributed by atoms with Gasteiger partial charge in [0.1, 0.15) is 5.82 Å². The lowest BCUT2D eigenvalue weighted by molar-refractivity contribution is 0.102. The highest BCUT2D eigenvalue weighted by Gasteiger charge is 2.12. The number of anilines is 2. The standard InChI is InChI=1S/C12H9Cl2N3O/c13-7-4-5-16-10(6-7)17-12(18)8-2-1-3-9(15)11(8)14/h1-6H,15H2,(H,16,17,18). The van der Waals surface area contributed by atoms with Crippen molar-refractivity contribution in [2.45, 2.75) is 0 Å². The van der Waals surface area contributed by atoms with Gasteiger partial charge in [0.15, 0.2) is 0 Å². The van der Waals surface area contributed by atoms with Crippen molar-refractivity contribution in [3.63, 3.8) is 0 Å². The molecule has 0 fully saturated rings. The largest absolute Gasteiger partial charge is 0.398 e. The maximum atomic E-state index is 12.0. The zero-order valence-electron chi connectivity index (χ0n) is 9.15. The first-order valence-electron chi connectivity index (χ1n) is 5.05. The van der Waals surface area contributed by atoms with Crippen molar-refractivity contribution in [1.82, 2.24) is 4.98 Å². The first kappa shape index (κ1) is 12.7. The number of nitrogens with one attached hydrogen (secondary N) is 1. The molecule has 0 aliphatic carbocycles. The van der Waals surface area contributed by atoms with Crippen LogP contribution in [0, 0.1) is 0 Å². The minimum absolute atomic E-state index is 0.219. The second-order valence-corrected chi connectivity index (χ2v) is 4.34. The third-order valence-electron chi connectivity index (χ3n) is 2.24. The molecule has 6 heteroatoms. The van der Waals surface area contributed by atoms with Gasteiger partial charge in [-0.2, -0.15) is 0 Å². The highest BCUT2D eigenvalue weighted by molar-refractivity contribution is 6.36. The molecule has 0 spiro atoms. The van der Waals surface area contributed by atoms with Crippen LogP contribution in [0.4, 0.5) is 11.5 Å². The van der Waals surface area contributed by atoms with Crippen LogP contribution in [0.5, 0.6) is 0 Å². The van der Waals surface area contributed by atoms with Crippen LogP contribution in [-0.4, -0.2) is 10.9 Å². The molecule has 2 rings (SSSR count). The summed E-state index contributed by atoms with van der Waals surface area (Å²) in [5.41, 5.74) is 6.27. The van der Waals surface area contributed by atoms with Crippen LogP contribution in [0.1, 0.15) is 10.4 Å². The van der Waals surface area contributed by atoms with Crippen molar-refractivity contribution in [2.24, 2.45) is 0 Å². The molecule has 1 heterocycles. The van der Waals surface area contributed by atoms with Gasteiger partial charge in [0.2, 0.25) is 0 Å². The van der Waals surface area contributed by atoms with Gasteiger partial charge in [-0.15, -0.1) is 0 Å². The Morgan fingerprint density at radius 3 is 2.78 bits per heavy atom. The van der Waals surface area contributed by atoms with Crippen LogP contribution >= 0.6 is 23.2 Å². The van der Waals surface area contributed by atoms with E-state index < -0.39 is 0 Å². The Morgan fingerprint density at radius 1 is 1.28 bits per heavy atom. The average molecular weight is 282 g/mol. The second kappa shape index (κ2) is 5.25. The SMILES string of the molecule is Nc1cccc(C(=O)Nc2cc(Cl)ccn2)c1Cl. The number of pyridine rings is 1. The Hall–Kier alpha value is -1.78. The number of aromatic nitrogens is 1. The van der Waals surface area contributed by atoms with E-state index in [1.165, 1.54) is 6.20 Å². The topological polar surface area (TPSA) is 68.0 Å². The summed E-state index contributed by atoms with van der Waals surface area (Å²) in [7, 11) is 0. The van der Waals surface area contributed by atoms with Crippen LogP contribution < -0.4 is 11.1 Å². The van der Waals surface area contributed by atoms with Crippen LogP contribution in [0.2, 0.25) is 10.0 Å². The van der Waals surface area contributed by atoms with Gasteiger partial charge in [-0.1, -0.05) is 29.3 Å². The fraction of sp³-hybridized carbons (Fsp3) is 0. The van der Waals surface area contributed by atoms with Crippen molar-refractivity contribution in [2.75, 3.05) is 11.1 Å². The molecule has 2 aromatic rings. The van der Waals surface area contributed by atoms with Crippen molar-refractivity contribution in [3.8, 4) is 0 Å². The van der Waals surface area contributed by atoms with Crippen LogP contribution in [0.3, 0.4) is 0 Å². The highest BCUT2D eigenvalue weighted by atomic mass is 35.5. The first-order chi connectivity index (χ1) is 8.58. The molecule has 18 heavy (non-hydrogen) atoms. The summed E-state index contributed by atoms with van der Waals surface area (Å²) >= 11 is 11.7. The Labute approximate surface area is 114 Å². The Balaban J connectivity index is 2.25. The average Bonchev–Trinajstić information content (AvgIpc) is 2.32. The predicted octanol–water partition coefficient (Wildman–Crippen LogP) is 3.22. The monoisotopic (exact) mass is 281 g/mol. The summed E-state index contributed by atoms with van der Waals surface area (Å²) in [6.45, 7) is 0. The molecule has 0 atom stereocenters. The van der Waals surface area contributed by atoms with Gasteiger partial charge in [-0.3, -0.25) is 4.79 Å². The molecule has 4 nitrogen and oxygen atoms in total. The van der Waals surface area contributed by atoms with E-state index in [-0.39, 0.29) is 10.9 Å². The fourth-order valence-electron chi connectivity index (χ4n) is 1.38. The normalized spacial score (nSPS) is 10.1. The predicted molar refractivity (Wildman–Crippen MR) is 73.1 cm³/mol. The third kappa shape index (κ3) is 2.72. The second-order valence-electron chi connectivity index (χ2n) is 3.52. The minimum Gasteiger partial charge on any atom is -0.398 e. The zero-order valence-corrected chi connectivity index (χ0v) is 10.7. The number of halogens is 2. The number of hydrogen-bond donors (Lipinski definition) is 2. The van der Waals surface area contributed by atoms with Gasteiger partial charge < -0.3 is 11.1 Å². The van der Waals surface area contributed by atoms with E-state index in [9.17, 15) is 4.79 Å². The molecular formula is C12H9Cl2N3O. The van der Waals surface area contributed by atoms with E-state index in [1.54, 1.807) is 30.3 Å². The number of carbonyl (C=O) groups is 1. The molecule has 0 bridgehead atoms. The lowest BCUT2D eigenvalue weighted by atomic mass is 10.2. The fourth-order valence-corrected chi connectivity index (χ4v) is 1.75. The molecule has 1 aromatic heterocycles. The number of hydrogen-bond acceptors (Lipinski definition) is 3. The van der Waals surface area contributed by atoms with Gasteiger partial charge in [0, 0.05) is 11.2 Å². The van der Waals surface area contributed by atoms with Crippen LogP contribution in [0.25, 0.3) is 0 Å². The summed E-state index contributed by atoms with van der Waals surface area (Å²) in [6.07, 6.45) is 1.50. The van der Waals surface area contributed by atoms with Gasteiger partial charge in [0.25, 0.3) is 5.91 Å². The third-order valence-corrected chi connectivity index (χ3v) is 2.89. The van der Waals surface area contributed by atoms with Gasteiger partial charge >= 0.3 is 0 Å². The zero-order chi connectivity index (χ0) is 13.1. The number of benzene rings is 1. The molecular weight excluding hydrogens is 273 g/mol. The molecule has 0 radical (unpaired) electrons. The van der Waals surface area contributed by atoms with Crippen LogP contribution in [-0.2, 0) is 0 Å². The number of nitrogens with zero attached hydrogens (tertiary/aromatic N) is 1. The van der Waals surface area contributed by atoms with Crippen molar-refractivity contribution < 1.29 is 4.79 Å². The summed E-state index contributed by atoms with van der Waals surface area (Å²) in [6, 6.07) is 8.02. The molecule has 3 N–H and O–H groups in total. The van der Waals surface area contributed by atoms with Crippen molar-refractivity contribution >= 4 is 40.6 Å². The van der Waals surface area contributed by atoms with Crippen molar-refractivity contribution in [1.29, 1.82) is 0 Å². The Bertz CT molecular complexity index is 602. The van der Waals surface area contributed by atoms with Gasteiger partial charge in [0.05, 0.1) is 16.3 Å². The smallest absolute Gasteiger partial charge is 0.258 e. The maximum absolute atomic E-state index is 12.0. The van der Waals surface area contributed by atoms with Gasteiger partial charge in [-0.25, -0.2) is 4.98 Å². The lowest BCUT2D eigenvalue weighted by Gasteiger charge is -2.07. The lowest BCUT2D eigenvalue weighted by Crippen LogP contribution is -2.13. The summed E-state index contributed by atoms with van der Waals surface area (Å²) < 4.78 is 0. The number of carbonyl (C=O) groups excluding carboxylic acids is 1. The Morgan fingerprint density at radius 2 is 2.06 bits per heavy atom. The molecule has 1 amide bonds. The maximum Gasteiger partial charge on any atom is 0.258 e. The van der Waals surface area contributed by atoms with Crippen LogP contribution in [0.15, 0.2) is 36.5 Å². The Kier molecular flexibility index (Phi) is 3.69. The van der Waals surface area contributed by atoms with E-state index in [0.29, 0.717) is 22.1 Å². The number of rotatable bonds is 2. The molecule has 0 aliphatic rings. The first-order valence-corrected chi connectivity index (χ1v) is 5.80. The molecule has 92 valence electrons. The molecule has 0 aliphatic heterocycles. The summed E-state index contributed by atoms with van der Waals surface area (Å²) in [5.74, 6) is -0.0342. The van der Waals surface area contributed by atoms with Crippen molar-refractivity contribution in [3.05, 3.63) is 52.1 Å². The van der Waals surface area contributed by atoms with E-state index in [1.807, 2.05) is 0 Å². The van der Waals surface area contributed by atoms with Gasteiger partial charge in [-0.05, 0) is 24.3 Å². The minimum atomic E-state index is -0.387. The number of nitrogen functional groups attached to an aromatic ring is 1. The summed E-state index contributed by atoms with van der Waals surface area (Å²) in [5, 5.41) is 3.30. The summed E-state index contributed by atoms with van der Waals surface area (Å²) in [4.78, 5) is 15.9. The van der Waals surface area contributed by atoms with E-state index in [4.69, 9.17) is 28.9 Å². The molecule has 1 aromatic carbocycles. The molecule has 0 unspecified atom stereocenters. The number of amides is 1. The van der Waals surface area contributed by atoms with E-state index in [2.05, 4.69) is 10.3 Å². The quantitative estimate of drug-likeness (QED) is 0.831. The van der Waals surface area contributed by atoms with E-state index in [0.717, 1.165) is 0 Å². The van der Waals surface area contributed by atoms with E-state index >= 15 is 0 Å². The molecule has 0 saturated carbocycles.